The average Bonchev–Trinajstić information content (AvgIpc) is 2.57. The molecule has 3 rings (SSSR count). The summed E-state index contributed by atoms with van der Waals surface area (Å²) in [6.07, 6.45) is 0. The van der Waals surface area contributed by atoms with E-state index in [1.165, 1.54) is 17.0 Å². The minimum Gasteiger partial charge on any atom is -0.507 e. The molecule has 5 heteroatoms. The SMILES string of the molecule is CN(Cc1c(F)cccc1Cl)C(=O)c1cc2ccccc2cc1O. The third-order valence-electron chi connectivity index (χ3n) is 3.90. The maximum Gasteiger partial charge on any atom is 0.257 e. The highest BCUT2D eigenvalue weighted by Gasteiger charge is 2.19. The van der Waals surface area contributed by atoms with Gasteiger partial charge in [-0.05, 0) is 35.0 Å². The molecular formula is C19H15ClFNO2. The van der Waals surface area contributed by atoms with Crippen LogP contribution < -0.4 is 0 Å². The summed E-state index contributed by atoms with van der Waals surface area (Å²) in [6, 6.07) is 15.0. The number of phenolic OH excluding ortho intramolecular Hbond substituents is 1. The van der Waals surface area contributed by atoms with Gasteiger partial charge < -0.3 is 10.0 Å². The number of halogens is 2. The van der Waals surface area contributed by atoms with Crippen LogP contribution in [0.25, 0.3) is 10.8 Å². The van der Waals surface area contributed by atoms with Crippen molar-refractivity contribution in [2.45, 2.75) is 6.54 Å². The molecule has 24 heavy (non-hydrogen) atoms. The summed E-state index contributed by atoms with van der Waals surface area (Å²) in [5, 5.41) is 12.1. The molecule has 0 atom stereocenters. The van der Waals surface area contributed by atoms with E-state index in [2.05, 4.69) is 0 Å². The van der Waals surface area contributed by atoms with E-state index in [1.807, 2.05) is 24.3 Å². The zero-order valence-corrected chi connectivity index (χ0v) is 13.7. The first-order chi connectivity index (χ1) is 11.5. The Morgan fingerprint density at radius 1 is 1.12 bits per heavy atom. The topological polar surface area (TPSA) is 40.5 Å². The number of amides is 1. The summed E-state index contributed by atoms with van der Waals surface area (Å²) < 4.78 is 13.9. The molecule has 0 spiro atoms. The van der Waals surface area contributed by atoms with Crippen molar-refractivity contribution >= 4 is 28.3 Å². The lowest BCUT2D eigenvalue weighted by molar-refractivity contribution is 0.0781. The third-order valence-corrected chi connectivity index (χ3v) is 4.25. The first-order valence-electron chi connectivity index (χ1n) is 7.37. The van der Waals surface area contributed by atoms with E-state index in [0.717, 1.165) is 10.8 Å². The first kappa shape index (κ1) is 16.3. The second-order valence-electron chi connectivity index (χ2n) is 5.58. The smallest absolute Gasteiger partial charge is 0.257 e. The van der Waals surface area contributed by atoms with Crippen molar-refractivity contribution in [1.29, 1.82) is 0 Å². The van der Waals surface area contributed by atoms with Crippen LogP contribution in [0.1, 0.15) is 15.9 Å². The fourth-order valence-corrected chi connectivity index (χ4v) is 2.82. The Hall–Kier alpha value is -2.59. The van der Waals surface area contributed by atoms with Gasteiger partial charge in [-0.2, -0.15) is 0 Å². The average molecular weight is 344 g/mol. The highest BCUT2D eigenvalue weighted by atomic mass is 35.5. The molecule has 1 amide bonds. The van der Waals surface area contributed by atoms with Crippen molar-refractivity contribution < 1.29 is 14.3 Å². The summed E-state index contributed by atoms with van der Waals surface area (Å²) in [5.41, 5.74) is 0.416. The molecule has 0 aliphatic carbocycles. The highest BCUT2D eigenvalue weighted by Crippen LogP contribution is 2.27. The van der Waals surface area contributed by atoms with Crippen LogP contribution in [0.15, 0.2) is 54.6 Å². The lowest BCUT2D eigenvalue weighted by atomic mass is 10.0. The zero-order valence-electron chi connectivity index (χ0n) is 13.0. The zero-order chi connectivity index (χ0) is 17.3. The van der Waals surface area contributed by atoms with Gasteiger partial charge in [0.15, 0.2) is 0 Å². The number of phenols is 1. The molecule has 0 unspecified atom stereocenters. The molecular weight excluding hydrogens is 329 g/mol. The largest absolute Gasteiger partial charge is 0.507 e. The van der Waals surface area contributed by atoms with E-state index >= 15 is 0 Å². The monoisotopic (exact) mass is 343 g/mol. The molecule has 3 aromatic rings. The van der Waals surface area contributed by atoms with Gasteiger partial charge in [-0.1, -0.05) is 41.9 Å². The van der Waals surface area contributed by atoms with Crippen molar-refractivity contribution in [3.63, 3.8) is 0 Å². The van der Waals surface area contributed by atoms with Gasteiger partial charge in [-0.25, -0.2) is 4.39 Å². The summed E-state index contributed by atoms with van der Waals surface area (Å²) >= 11 is 6.01. The minimum atomic E-state index is -0.468. The Kier molecular flexibility index (Phi) is 4.40. The number of carbonyl (C=O) groups excluding carboxylic acids is 1. The van der Waals surface area contributed by atoms with Gasteiger partial charge >= 0.3 is 0 Å². The molecule has 0 aromatic heterocycles. The second kappa shape index (κ2) is 6.49. The number of aromatic hydroxyl groups is 1. The molecule has 3 aromatic carbocycles. The van der Waals surface area contributed by atoms with E-state index in [4.69, 9.17) is 11.6 Å². The van der Waals surface area contributed by atoms with Gasteiger partial charge in [-0.3, -0.25) is 4.79 Å². The molecule has 0 aliphatic rings. The summed E-state index contributed by atoms with van der Waals surface area (Å²) in [4.78, 5) is 14.0. The molecule has 3 nitrogen and oxygen atoms in total. The van der Waals surface area contributed by atoms with Gasteiger partial charge in [0, 0.05) is 24.2 Å². The Balaban J connectivity index is 1.92. The van der Waals surface area contributed by atoms with Crippen molar-refractivity contribution in [1.82, 2.24) is 4.90 Å². The van der Waals surface area contributed by atoms with Gasteiger partial charge in [0.05, 0.1) is 5.56 Å². The predicted molar refractivity (Wildman–Crippen MR) is 92.8 cm³/mol. The number of rotatable bonds is 3. The van der Waals surface area contributed by atoms with Crippen LogP contribution in [0, 0.1) is 5.82 Å². The number of hydrogen-bond acceptors (Lipinski definition) is 2. The molecule has 0 saturated carbocycles. The Bertz CT molecular complexity index is 906. The fraction of sp³-hybridized carbons (Fsp3) is 0.105. The molecule has 0 radical (unpaired) electrons. The molecule has 1 N–H and O–H groups in total. The fourth-order valence-electron chi connectivity index (χ4n) is 2.60. The van der Waals surface area contributed by atoms with Crippen molar-refractivity contribution in [2.24, 2.45) is 0 Å². The van der Waals surface area contributed by atoms with E-state index < -0.39 is 11.7 Å². The van der Waals surface area contributed by atoms with Gasteiger partial charge in [0.2, 0.25) is 0 Å². The molecule has 0 bridgehead atoms. The van der Waals surface area contributed by atoms with Crippen LogP contribution >= 0.6 is 11.6 Å². The minimum absolute atomic E-state index is 0.0105. The predicted octanol–water partition coefficient (Wildman–Crippen LogP) is 4.61. The number of hydrogen-bond donors (Lipinski definition) is 1. The molecule has 0 heterocycles. The van der Waals surface area contributed by atoms with Crippen molar-refractivity contribution in [3.05, 3.63) is 76.6 Å². The number of benzene rings is 3. The molecule has 0 fully saturated rings. The summed E-state index contributed by atoms with van der Waals surface area (Å²) in [6.45, 7) is 0.0105. The third kappa shape index (κ3) is 3.05. The standard InChI is InChI=1S/C19H15ClFNO2/c1-22(11-15-16(20)7-4-8-17(15)21)19(24)14-9-12-5-2-3-6-13(12)10-18(14)23/h2-10,23H,11H2,1H3. The molecule has 122 valence electrons. The van der Waals surface area contributed by atoms with Crippen LogP contribution in [0.2, 0.25) is 5.02 Å². The van der Waals surface area contributed by atoms with Crippen molar-refractivity contribution in [2.75, 3.05) is 7.05 Å². The van der Waals surface area contributed by atoms with E-state index in [1.54, 1.807) is 25.2 Å². The van der Waals surface area contributed by atoms with Crippen LogP contribution in [-0.2, 0) is 6.54 Å². The number of carbonyl (C=O) groups is 1. The Morgan fingerprint density at radius 3 is 2.46 bits per heavy atom. The normalized spacial score (nSPS) is 10.8. The molecule has 0 saturated heterocycles. The van der Waals surface area contributed by atoms with Crippen LogP contribution in [-0.4, -0.2) is 23.0 Å². The Morgan fingerprint density at radius 2 is 1.79 bits per heavy atom. The van der Waals surface area contributed by atoms with Crippen LogP contribution in [0.3, 0.4) is 0 Å². The van der Waals surface area contributed by atoms with E-state index in [9.17, 15) is 14.3 Å². The summed E-state index contributed by atoms with van der Waals surface area (Å²) in [5.74, 6) is -0.979. The number of nitrogens with zero attached hydrogens (tertiary/aromatic N) is 1. The highest BCUT2D eigenvalue weighted by molar-refractivity contribution is 6.31. The van der Waals surface area contributed by atoms with Gasteiger partial charge in [-0.15, -0.1) is 0 Å². The van der Waals surface area contributed by atoms with E-state index in [0.29, 0.717) is 0 Å². The van der Waals surface area contributed by atoms with Crippen molar-refractivity contribution in [3.8, 4) is 5.75 Å². The maximum atomic E-state index is 13.9. The van der Waals surface area contributed by atoms with E-state index in [-0.39, 0.29) is 28.4 Å². The van der Waals surface area contributed by atoms with Gasteiger partial charge in [0.1, 0.15) is 11.6 Å². The maximum absolute atomic E-state index is 13.9. The quantitative estimate of drug-likeness (QED) is 0.754. The van der Waals surface area contributed by atoms with Crippen LogP contribution in [0.4, 0.5) is 4.39 Å². The first-order valence-corrected chi connectivity index (χ1v) is 7.75. The van der Waals surface area contributed by atoms with Gasteiger partial charge in [0.25, 0.3) is 5.91 Å². The lowest BCUT2D eigenvalue weighted by Gasteiger charge is -2.19. The Labute approximate surface area is 143 Å². The second-order valence-corrected chi connectivity index (χ2v) is 5.99. The molecule has 0 aliphatic heterocycles. The number of fused-ring (bicyclic) bond motifs is 1. The van der Waals surface area contributed by atoms with Crippen LogP contribution in [0.5, 0.6) is 5.75 Å². The summed E-state index contributed by atoms with van der Waals surface area (Å²) in [7, 11) is 1.54. The lowest BCUT2D eigenvalue weighted by Crippen LogP contribution is -2.27.